The number of aryl methyl sites for hydroxylation is 1. The van der Waals surface area contributed by atoms with Crippen LogP contribution in [-0.2, 0) is 16.0 Å². The van der Waals surface area contributed by atoms with Crippen LogP contribution in [0.5, 0.6) is 11.5 Å². The smallest absolute Gasteiger partial charge is 0.345 e. The molecule has 9 heteroatoms. The van der Waals surface area contributed by atoms with Gasteiger partial charge >= 0.3 is 17.8 Å². The molecule has 0 spiro atoms. The van der Waals surface area contributed by atoms with Crippen molar-refractivity contribution in [2.24, 2.45) is 5.10 Å². The van der Waals surface area contributed by atoms with Crippen LogP contribution in [0.1, 0.15) is 28.4 Å². The molecule has 0 unspecified atom stereocenters. The SMILES string of the molecule is CCc1ccccc1NC(=O)C(=O)NN=Cc1ccc(OC(=O)c2ccccc2Cl)c(OC)c1. The van der Waals surface area contributed by atoms with E-state index >= 15 is 0 Å². The summed E-state index contributed by atoms with van der Waals surface area (Å²) in [7, 11) is 1.42. The number of nitrogens with one attached hydrogen (secondary N) is 2. The highest BCUT2D eigenvalue weighted by Crippen LogP contribution is 2.29. The van der Waals surface area contributed by atoms with E-state index in [0.29, 0.717) is 17.7 Å². The van der Waals surface area contributed by atoms with Crippen LogP contribution in [0.2, 0.25) is 5.02 Å². The van der Waals surface area contributed by atoms with Gasteiger partial charge in [-0.05, 0) is 53.9 Å². The van der Waals surface area contributed by atoms with Gasteiger partial charge in [0.05, 0.1) is 23.9 Å². The zero-order chi connectivity index (χ0) is 24.5. The fourth-order valence-corrected chi connectivity index (χ4v) is 3.19. The molecule has 2 amide bonds. The molecule has 0 saturated heterocycles. The molecule has 0 aromatic heterocycles. The van der Waals surface area contributed by atoms with Crippen LogP contribution in [-0.4, -0.2) is 31.1 Å². The molecule has 174 valence electrons. The number of anilines is 1. The van der Waals surface area contributed by atoms with Crippen molar-refractivity contribution in [2.75, 3.05) is 12.4 Å². The first kappa shape index (κ1) is 24.5. The Kier molecular flexibility index (Phi) is 8.37. The van der Waals surface area contributed by atoms with Crippen LogP contribution in [0, 0.1) is 0 Å². The van der Waals surface area contributed by atoms with Crippen LogP contribution in [0.3, 0.4) is 0 Å². The Morgan fingerprint density at radius 3 is 2.44 bits per heavy atom. The zero-order valence-corrected chi connectivity index (χ0v) is 19.3. The largest absolute Gasteiger partial charge is 0.493 e. The zero-order valence-electron chi connectivity index (χ0n) is 18.5. The summed E-state index contributed by atoms with van der Waals surface area (Å²) in [6, 6.07) is 18.4. The Labute approximate surface area is 201 Å². The first-order chi connectivity index (χ1) is 16.4. The van der Waals surface area contributed by atoms with E-state index in [1.165, 1.54) is 19.4 Å². The number of amides is 2. The Morgan fingerprint density at radius 2 is 1.71 bits per heavy atom. The van der Waals surface area contributed by atoms with Gasteiger partial charge in [-0.25, -0.2) is 10.2 Å². The van der Waals surface area contributed by atoms with E-state index in [9.17, 15) is 14.4 Å². The van der Waals surface area contributed by atoms with Gasteiger partial charge in [-0.1, -0.05) is 48.9 Å². The van der Waals surface area contributed by atoms with Crippen molar-refractivity contribution in [3.63, 3.8) is 0 Å². The molecule has 0 heterocycles. The summed E-state index contributed by atoms with van der Waals surface area (Å²) in [4.78, 5) is 36.6. The maximum Gasteiger partial charge on any atom is 0.345 e. The molecule has 0 atom stereocenters. The van der Waals surface area contributed by atoms with Gasteiger partial charge in [0.15, 0.2) is 11.5 Å². The predicted molar refractivity (Wildman–Crippen MR) is 130 cm³/mol. The first-order valence-corrected chi connectivity index (χ1v) is 10.7. The minimum atomic E-state index is -0.917. The van der Waals surface area contributed by atoms with Crippen molar-refractivity contribution < 1.29 is 23.9 Å². The molecule has 2 N–H and O–H groups in total. The lowest BCUT2D eigenvalue weighted by molar-refractivity contribution is -0.136. The maximum absolute atomic E-state index is 12.4. The van der Waals surface area contributed by atoms with E-state index < -0.39 is 17.8 Å². The number of esters is 1. The molecule has 0 fully saturated rings. The lowest BCUT2D eigenvalue weighted by Crippen LogP contribution is -2.32. The lowest BCUT2D eigenvalue weighted by Gasteiger charge is -2.10. The summed E-state index contributed by atoms with van der Waals surface area (Å²) < 4.78 is 10.7. The highest BCUT2D eigenvalue weighted by Gasteiger charge is 2.16. The number of methoxy groups -OCH3 is 1. The number of rotatable bonds is 7. The van der Waals surface area contributed by atoms with Gasteiger partial charge in [0.1, 0.15) is 0 Å². The van der Waals surface area contributed by atoms with Crippen molar-refractivity contribution in [1.29, 1.82) is 0 Å². The van der Waals surface area contributed by atoms with Crippen LogP contribution in [0.25, 0.3) is 0 Å². The lowest BCUT2D eigenvalue weighted by atomic mass is 10.1. The predicted octanol–water partition coefficient (Wildman–Crippen LogP) is 4.22. The van der Waals surface area contributed by atoms with Gasteiger partial charge in [-0.2, -0.15) is 5.10 Å². The highest BCUT2D eigenvalue weighted by atomic mass is 35.5. The Balaban J connectivity index is 1.62. The molecule has 0 aliphatic rings. The van der Waals surface area contributed by atoms with Crippen molar-refractivity contribution >= 4 is 41.3 Å². The summed E-state index contributed by atoms with van der Waals surface area (Å²) in [5.74, 6) is -1.93. The van der Waals surface area contributed by atoms with Gasteiger partial charge in [-0.3, -0.25) is 9.59 Å². The second-order valence-corrected chi connectivity index (χ2v) is 7.35. The highest BCUT2D eigenvalue weighted by molar-refractivity contribution is 6.39. The second-order valence-electron chi connectivity index (χ2n) is 6.94. The minimum absolute atomic E-state index is 0.183. The Morgan fingerprint density at radius 1 is 0.971 bits per heavy atom. The number of hydrogen-bond donors (Lipinski definition) is 2. The molecular weight excluding hydrogens is 458 g/mol. The van der Waals surface area contributed by atoms with Gasteiger partial charge in [0.2, 0.25) is 0 Å². The van der Waals surface area contributed by atoms with Crippen LogP contribution in [0.4, 0.5) is 5.69 Å². The molecular formula is C25H22ClN3O5. The van der Waals surface area contributed by atoms with Crippen LogP contribution in [0.15, 0.2) is 71.8 Å². The number of benzene rings is 3. The van der Waals surface area contributed by atoms with E-state index in [4.69, 9.17) is 21.1 Å². The van der Waals surface area contributed by atoms with Gasteiger partial charge < -0.3 is 14.8 Å². The quantitative estimate of drug-likeness (QED) is 0.173. The van der Waals surface area contributed by atoms with Gasteiger partial charge in [0.25, 0.3) is 0 Å². The number of hydrogen-bond acceptors (Lipinski definition) is 6. The number of halogens is 1. The molecule has 34 heavy (non-hydrogen) atoms. The van der Waals surface area contributed by atoms with E-state index in [1.807, 2.05) is 19.1 Å². The molecule has 3 rings (SSSR count). The minimum Gasteiger partial charge on any atom is -0.493 e. The number of carbonyl (C=O) groups excluding carboxylic acids is 3. The normalized spacial score (nSPS) is 10.6. The third-order valence-corrected chi connectivity index (χ3v) is 5.05. The molecule has 0 aliphatic heterocycles. The molecule has 0 radical (unpaired) electrons. The summed E-state index contributed by atoms with van der Waals surface area (Å²) >= 11 is 6.04. The van der Waals surface area contributed by atoms with Crippen molar-refractivity contribution in [2.45, 2.75) is 13.3 Å². The Hall–Kier alpha value is -4.17. The second kappa shape index (κ2) is 11.6. The maximum atomic E-state index is 12.4. The third-order valence-electron chi connectivity index (χ3n) is 4.72. The van der Waals surface area contributed by atoms with Crippen molar-refractivity contribution in [3.8, 4) is 11.5 Å². The van der Waals surface area contributed by atoms with E-state index in [-0.39, 0.29) is 22.1 Å². The van der Waals surface area contributed by atoms with Gasteiger partial charge in [0, 0.05) is 5.69 Å². The van der Waals surface area contributed by atoms with Crippen LogP contribution >= 0.6 is 11.6 Å². The third kappa shape index (κ3) is 6.20. The summed E-state index contributed by atoms with van der Waals surface area (Å²) in [6.45, 7) is 1.95. The average molecular weight is 480 g/mol. The molecule has 8 nitrogen and oxygen atoms in total. The number of para-hydroxylation sites is 1. The number of hydrazone groups is 1. The van der Waals surface area contributed by atoms with Crippen molar-refractivity contribution in [1.82, 2.24) is 5.43 Å². The van der Waals surface area contributed by atoms with Crippen LogP contribution < -0.4 is 20.2 Å². The fourth-order valence-electron chi connectivity index (χ4n) is 2.98. The molecule has 0 bridgehead atoms. The van der Waals surface area contributed by atoms with Gasteiger partial charge in [-0.15, -0.1) is 0 Å². The Bertz CT molecular complexity index is 1240. The monoisotopic (exact) mass is 479 g/mol. The van der Waals surface area contributed by atoms with Crippen molar-refractivity contribution in [3.05, 3.63) is 88.4 Å². The standard InChI is InChI=1S/C25H22ClN3O5/c1-3-17-8-4-7-11-20(17)28-23(30)24(31)29-27-15-16-12-13-21(22(14-16)33-2)34-25(32)18-9-5-6-10-19(18)26/h4-15H,3H2,1-2H3,(H,28,30)(H,29,31). The number of carbonyl (C=O) groups is 3. The molecule has 0 saturated carbocycles. The fraction of sp³-hybridized carbons (Fsp3) is 0.120. The molecule has 3 aromatic carbocycles. The molecule has 0 aliphatic carbocycles. The molecule has 3 aromatic rings. The summed E-state index contributed by atoms with van der Waals surface area (Å²) in [6.07, 6.45) is 2.04. The first-order valence-electron chi connectivity index (χ1n) is 10.3. The van der Waals surface area contributed by atoms with E-state index in [1.54, 1.807) is 48.5 Å². The van der Waals surface area contributed by atoms with E-state index in [0.717, 1.165) is 5.56 Å². The summed E-state index contributed by atoms with van der Waals surface area (Å²) in [5.41, 5.74) is 4.42. The average Bonchev–Trinajstić information content (AvgIpc) is 2.85. The van der Waals surface area contributed by atoms with E-state index in [2.05, 4.69) is 15.8 Å². The number of ether oxygens (including phenoxy) is 2. The summed E-state index contributed by atoms with van der Waals surface area (Å²) in [5, 5.41) is 6.65. The topological polar surface area (TPSA) is 106 Å². The number of nitrogens with zero attached hydrogens (tertiary/aromatic N) is 1.